The van der Waals surface area contributed by atoms with E-state index in [1.54, 1.807) is 31.6 Å². The second kappa shape index (κ2) is 3.49. The van der Waals surface area contributed by atoms with Crippen molar-refractivity contribution in [3.63, 3.8) is 0 Å². The first-order valence-corrected chi connectivity index (χ1v) is 4.16. The summed E-state index contributed by atoms with van der Waals surface area (Å²) in [6.07, 6.45) is 4.74. The minimum atomic E-state index is -0.495. The fourth-order valence-corrected chi connectivity index (χ4v) is 1.22. The van der Waals surface area contributed by atoms with Crippen LogP contribution in [0.2, 0.25) is 0 Å². The first kappa shape index (κ1) is 8.74. The van der Waals surface area contributed by atoms with Gasteiger partial charge in [0.25, 0.3) is 0 Å². The van der Waals surface area contributed by atoms with Crippen LogP contribution in [0.5, 0.6) is 0 Å². The molecule has 0 amide bonds. The van der Waals surface area contributed by atoms with Crippen LogP contribution in [0.25, 0.3) is 11.3 Å². The Morgan fingerprint density at radius 1 is 1.21 bits per heavy atom. The van der Waals surface area contributed by atoms with Crippen LogP contribution in [0.15, 0.2) is 30.7 Å². The van der Waals surface area contributed by atoms with Crippen molar-refractivity contribution >= 4 is 0 Å². The third kappa shape index (κ3) is 1.74. The van der Waals surface area contributed by atoms with Crippen LogP contribution in [0.1, 0.15) is 5.69 Å². The molecule has 14 heavy (non-hydrogen) atoms. The summed E-state index contributed by atoms with van der Waals surface area (Å²) in [5.74, 6) is -0.495. The topological polar surface area (TPSA) is 38.7 Å². The van der Waals surface area contributed by atoms with Crippen LogP contribution in [0.3, 0.4) is 0 Å². The van der Waals surface area contributed by atoms with E-state index < -0.39 is 5.95 Å². The van der Waals surface area contributed by atoms with Gasteiger partial charge in [-0.05, 0) is 13.0 Å². The lowest BCUT2D eigenvalue weighted by molar-refractivity contribution is 0.580. The number of aromatic nitrogens is 3. The molecule has 2 rings (SSSR count). The summed E-state index contributed by atoms with van der Waals surface area (Å²) >= 11 is 0. The van der Waals surface area contributed by atoms with E-state index in [9.17, 15) is 4.39 Å². The van der Waals surface area contributed by atoms with Gasteiger partial charge in [-0.1, -0.05) is 0 Å². The number of pyridine rings is 1. The molecule has 70 valence electrons. The molecule has 4 heteroatoms. The standard InChI is InChI=1S/C10H8FN3/c1-7-4-8(5-10(11)14-7)9-6-12-2-3-13-9/h2-6H,1H3. The predicted molar refractivity (Wildman–Crippen MR) is 50.0 cm³/mol. The molecule has 0 aliphatic rings. The predicted octanol–water partition coefficient (Wildman–Crippen LogP) is 1.99. The van der Waals surface area contributed by atoms with E-state index >= 15 is 0 Å². The molecule has 2 aromatic rings. The molecule has 0 aliphatic carbocycles. The van der Waals surface area contributed by atoms with E-state index in [1.807, 2.05) is 0 Å². The Balaban J connectivity index is 2.52. The fourth-order valence-electron chi connectivity index (χ4n) is 1.22. The van der Waals surface area contributed by atoms with Crippen molar-refractivity contribution in [2.24, 2.45) is 0 Å². The van der Waals surface area contributed by atoms with Gasteiger partial charge in [-0.15, -0.1) is 0 Å². The van der Waals surface area contributed by atoms with Crippen molar-refractivity contribution < 1.29 is 4.39 Å². The van der Waals surface area contributed by atoms with Gasteiger partial charge in [0.15, 0.2) is 0 Å². The van der Waals surface area contributed by atoms with Crippen molar-refractivity contribution in [1.82, 2.24) is 15.0 Å². The van der Waals surface area contributed by atoms with Gasteiger partial charge in [-0.2, -0.15) is 4.39 Å². The Morgan fingerprint density at radius 2 is 2.07 bits per heavy atom. The smallest absolute Gasteiger partial charge is 0.213 e. The average Bonchev–Trinajstić information content (AvgIpc) is 2.18. The zero-order valence-electron chi connectivity index (χ0n) is 7.61. The Morgan fingerprint density at radius 3 is 2.71 bits per heavy atom. The number of aryl methyl sites for hydroxylation is 1. The molecule has 0 atom stereocenters. The van der Waals surface area contributed by atoms with Crippen LogP contribution < -0.4 is 0 Å². The van der Waals surface area contributed by atoms with Gasteiger partial charge >= 0.3 is 0 Å². The molecule has 0 fully saturated rings. The first-order chi connectivity index (χ1) is 6.75. The summed E-state index contributed by atoms with van der Waals surface area (Å²) in [7, 11) is 0. The zero-order chi connectivity index (χ0) is 9.97. The molecule has 0 saturated carbocycles. The molecule has 0 saturated heterocycles. The Labute approximate surface area is 80.7 Å². The van der Waals surface area contributed by atoms with E-state index in [1.165, 1.54) is 6.07 Å². The summed E-state index contributed by atoms with van der Waals surface area (Å²) in [5.41, 5.74) is 1.98. The minimum Gasteiger partial charge on any atom is -0.261 e. The average molecular weight is 189 g/mol. The molecular formula is C10H8FN3. The molecule has 3 nitrogen and oxygen atoms in total. The van der Waals surface area contributed by atoms with E-state index in [2.05, 4.69) is 15.0 Å². The van der Waals surface area contributed by atoms with Gasteiger partial charge in [0, 0.05) is 29.7 Å². The monoisotopic (exact) mass is 189 g/mol. The van der Waals surface area contributed by atoms with Crippen molar-refractivity contribution in [3.8, 4) is 11.3 Å². The van der Waals surface area contributed by atoms with Crippen molar-refractivity contribution in [2.45, 2.75) is 6.92 Å². The van der Waals surface area contributed by atoms with Crippen LogP contribution in [0.4, 0.5) is 4.39 Å². The second-order valence-electron chi connectivity index (χ2n) is 2.91. The largest absolute Gasteiger partial charge is 0.261 e. The van der Waals surface area contributed by atoms with Crippen molar-refractivity contribution in [3.05, 3.63) is 42.4 Å². The molecule has 0 bridgehead atoms. The van der Waals surface area contributed by atoms with Gasteiger partial charge in [-0.25, -0.2) is 4.98 Å². The second-order valence-corrected chi connectivity index (χ2v) is 2.91. The summed E-state index contributed by atoms with van der Waals surface area (Å²) in [6.45, 7) is 1.74. The number of hydrogen-bond acceptors (Lipinski definition) is 3. The van der Waals surface area contributed by atoms with Crippen molar-refractivity contribution in [1.29, 1.82) is 0 Å². The number of nitrogens with zero attached hydrogens (tertiary/aromatic N) is 3. The van der Waals surface area contributed by atoms with E-state index in [4.69, 9.17) is 0 Å². The van der Waals surface area contributed by atoms with Crippen LogP contribution >= 0.6 is 0 Å². The summed E-state index contributed by atoms with van der Waals surface area (Å²) < 4.78 is 13.0. The highest BCUT2D eigenvalue weighted by molar-refractivity contribution is 5.57. The molecule has 0 aromatic carbocycles. The van der Waals surface area contributed by atoms with Gasteiger partial charge in [-0.3, -0.25) is 9.97 Å². The number of halogens is 1. The van der Waals surface area contributed by atoms with E-state index in [-0.39, 0.29) is 0 Å². The highest BCUT2D eigenvalue weighted by Gasteiger charge is 2.02. The third-order valence-electron chi connectivity index (χ3n) is 1.78. The summed E-state index contributed by atoms with van der Waals surface area (Å²) in [4.78, 5) is 11.6. The number of hydrogen-bond donors (Lipinski definition) is 0. The molecule has 2 aromatic heterocycles. The Hall–Kier alpha value is -1.84. The zero-order valence-corrected chi connectivity index (χ0v) is 7.61. The molecule has 2 heterocycles. The Kier molecular flexibility index (Phi) is 2.18. The lowest BCUT2D eigenvalue weighted by Crippen LogP contribution is -1.90. The molecule has 0 N–H and O–H groups in total. The fraction of sp³-hybridized carbons (Fsp3) is 0.100. The summed E-state index contributed by atoms with van der Waals surface area (Å²) in [5, 5.41) is 0. The molecule has 0 aliphatic heterocycles. The van der Waals surface area contributed by atoms with E-state index in [0.717, 1.165) is 0 Å². The molecule has 0 radical (unpaired) electrons. The summed E-state index contributed by atoms with van der Waals surface area (Å²) in [6, 6.07) is 3.12. The first-order valence-electron chi connectivity index (χ1n) is 4.16. The van der Waals surface area contributed by atoms with Crippen LogP contribution in [0, 0.1) is 12.9 Å². The minimum absolute atomic E-state index is 0.495. The molecule has 0 spiro atoms. The maximum atomic E-state index is 13.0. The highest BCUT2D eigenvalue weighted by Crippen LogP contribution is 2.16. The number of rotatable bonds is 1. The lowest BCUT2D eigenvalue weighted by Gasteiger charge is -2.00. The van der Waals surface area contributed by atoms with Gasteiger partial charge in [0.1, 0.15) is 0 Å². The lowest BCUT2D eigenvalue weighted by atomic mass is 10.2. The SMILES string of the molecule is Cc1cc(-c2cnccn2)cc(F)n1. The van der Waals surface area contributed by atoms with Gasteiger partial charge in [0.05, 0.1) is 11.9 Å². The van der Waals surface area contributed by atoms with Crippen LogP contribution in [-0.4, -0.2) is 15.0 Å². The highest BCUT2D eigenvalue weighted by atomic mass is 19.1. The van der Waals surface area contributed by atoms with Crippen LogP contribution in [-0.2, 0) is 0 Å². The van der Waals surface area contributed by atoms with Gasteiger partial charge < -0.3 is 0 Å². The Bertz CT molecular complexity index is 422. The quantitative estimate of drug-likeness (QED) is 0.644. The van der Waals surface area contributed by atoms with Gasteiger partial charge in [0.2, 0.25) is 5.95 Å². The molecule has 0 unspecified atom stereocenters. The molecular weight excluding hydrogens is 181 g/mol. The normalized spacial score (nSPS) is 10.1. The van der Waals surface area contributed by atoms with Crippen molar-refractivity contribution in [2.75, 3.05) is 0 Å². The maximum Gasteiger partial charge on any atom is 0.213 e. The van der Waals surface area contributed by atoms with E-state index in [0.29, 0.717) is 17.0 Å². The maximum absolute atomic E-state index is 13.0. The third-order valence-corrected chi connectivity index (χ3v) is 1.78.